The summed E-state index contributed by atoms with van der Waals surface area (Å²) in [6.07, 6.45) is 1.63. The number of hydrogen-bond acceptors (Lipinski definition) is 6. The molecule has 0 spiro atoms. The van der Waals surface area contributed by atoms with E-state index in [-0.39, 0.29) is 16.7 Å². The number of aromatic nitrogens is 2. The number of rotatable bonds is 6. The molecule has 0 aliphatic heterocycles. The lowest BCUT2D eigenvalue weighted by Crippen LogP contribution is -2.16. The number of furan rings is 1. The number of anilines is 1. The van der Waals surface area contributed by atoms with Gasteiger partial charge in [-0.25, -0.2) is 4.39 Å². The highest BCUT2D eigenvalue weighted by Gasteiger charge is 2.14. The van der Waals surface area contributed by atoms with Crippen molar-refractivity contribution in [2.75, 3.05) is 12.4 Å². The van der Waals surface area contributed by atoms with Gasteiger partial charge in [-0.1, -0.05) is 11.3 Å². The van der Waals surface area contributed by atoms with E-state index in [9.17, 15) is 9.18 Å². The largest absolute Gasteiger partial charge is 0.468 e. The minimum absolute atomic E-state index is 0.265. The van der Waals surface area contributed by atoms with Crippen LogP contribution in [0.4, 0.5) is 10.1 Å². The summed E-state index contributed by atoms with van der Waals surface area (Å²) in [5, 5.41) is 11.6. The van der Waals surface area contributed by atoms with E-state index in [1.54, 1.807) is 6.26 Å². The number of carbonyl (C=O) groups is 1. The topological polar surface area (TPSA) is 71.3 Å². The third kappa shape index (κ3) is 4.24. The lowest BCUT2D eigenvalue weighted by molar-refractivity contribution is 0.102. The summed E-state index contributed by atoms with van der Waals surface area (Å²) in [6, 6.07) is 9.29. The maximum Gasteiger partial charge on any atom is 0.286 e. The number of halogens is 1. The number of nitrogens with one attached hydrogen (secondary N) is 1. The Bertz CT molecular complexity index is 802. The molecule has 0 atom stereocenters. The van der Waals surface area contributed by atoms with Crippen molar-refractivity contribution in [1.82, 2.24) is 15.1 Å². The minimum Gasteiger partial charge on any atom is -0.468 e. The Labute approximate surface area is 141 Å². The van der Waals surface area contributed by atoms with Crippen LogP contribution < -0.4 is 5.32 Å². The second-order valence-corrected chi connectivity index (χ2v) is 6.28. The second kappa shape index (κ2) is 7.33. The zero-order valence-electron chi connectivity index (χ0n) is 12.9. The van der Waals surface area contributed by atoms with Crippen molar-refractivity contribution in [2.45, 2.75) is 13.1 Å². The SMILES string of the molecule is CN(Cc1ccco1)Cc1nnc(C(=O)Nc2ccc(F)cc2)s1. The van der Waals surface area contributed by atoms with Gasteiger partial charge in [-0.2, -0.15) is 0 Å². The molecule has 0 bridgehead atoms. The highest BCUT2D eigenvalue weighted by Crippen LogP contribution is 2.16. The van der Waals surface area contributed by atoms with Crippen LogP contribution in [0.2, 0.25) is 0 Å². The van der Waals surface area contributed by atoms with Crippen LogP contribution in [0, 0.1) is 5.82 Å². The van der Waals surface area contributed by atoms with Crippen LogP contribution in [0.5, 0.6) is 0 Å². The minimum atomic E-state index is -0.362. The molecule has 124 valence electrons. The molecule has 3 rings (SSSR count). The first-order valence-corrected chi connectivity index (χ1v) is 8.02. The standard InChI is InChI=1S/C16H15FN4O2S/c1-21(9-13-3-2-8-23-13)10-14-19-20-16(24-14)15(22)18-12-6-4-11(17)5-7-12/h2-8H,9-10H2,1H3,(H,18,22). The quantitative estimate of drug-likeness (QED) is 0.742. The molecule has 24 heavy (non-hydrogen) atoms. The number of hydrogen-bond donors (Lipinski definition) is 1. The normalized spacial score (nSPS) is 11.0. The van der Waals surface area contributed by atoms with Gasteiger partial charge in [0.15, 0.2) is 0 Å². The molecule has 0 radical (unpaired) electrons. The summed E-state index contributed by atoms with van der Waals surface area (Å²) < 4.78 is 18.2. The zero-order chi connectivity index (χ0) is 16.9. The molecule has 0 saturated carbocycles. The van der Waals surface area contributed by atoms with Gasteiger partial charge in [0.25, 0.3) is 5.91 Å². The first-order valence-electron chi connectivity index (χ1n) is 7.20. The van der Waals surface area contributed by atoms with Crippen molar-refractivity contribution in [3.63, 3.8) is 0 Å². The van der Waals surface area contributed by atoms with Gasteiger partial charge in [0, 0.05) is 5.69 Å². The molecule has 1 N–H and O–H groups in total. The van der Waals surface area contributed by atoms with Gasteiger partial charge in [0.1, 0.15) is 16.6 Å². The van der Waals surface area contributed by atoms with Crippen LogP contribution in [-0.4, -0.2) is 28.1 Å². The molecule has 2 aromatic heterocycles. The third-order valence-corrected chi connectivity index (χ3v) is 4.08. The molecule has 0 aliphatic rings. The lowest BCUT2D eigenvalue weighted by atomic mass is 10.3. The molecular formula is C16H15FN4O2S. The molecule has 1 amide bonds. The van der Waals surface area contributed by atoms with Crippen LogP contribution in [0.25, 0.3) is 0 Å². The molecule has 8 heteroatoms. The Morgan fingerprint density at radius 1 is 1.25 bits per heavy atom. The molecule has 0 unspecified atom stereocenters. The fourth-order valence-electron chi connectivity index (χ4n) is 2.08. The predicted molar refractivity (Wildman–Crippen MR) is 88.1 cm³/mol. The van der Waals surface area contributed by atoms with Gasteiger partial charge in [0.2, 0.25) is 5.01 Å². The summed E-state index contributed by atoms with van der Waals surface area (Å²) in [7, 11) is 1.93. The van der Waals surface area contributed by atoms with Gasteiger partial charge in [-0.05, 0) is 43.4 Å². The molecule has 6 nitrogen and oxygen atoms in total. The van der Waals surface area contributed by atoms with Gasteiger partial charge in [-0.3, -0.25) is 9.69 Å². The second-order valence-electron chi connectivity index (χ2n) is 5.21. The summed E-state index contributed by atoms with van der Waals surface area (Å²) >= 11 is 1.22. The van der Waals surface area contributed by atoms with E-state index in [0.717, 1.165) is 10.8 Å². The number of nitrogens with zero attached hydrogens (tertiary/aromatic N) is 3. The molecule has 2 heterocycles. The first-order chi connectivity index (χ1) is 11.6. The molecule has 0 fully saturated rings. The fourth-order valence-corrected chi connectivity index (χ4v) is 2.90. The Kier molecular flexibility index (Phi) is 4.97. The highest BCUT2D eigenvalue weighted by atomic mass is 32.1. The third-order valence-electron chi connectivity index (χ3n) is 3.17. The number of carbonyl (C=O) groups excluding carboxylic acids is 1. The van der Waals surface area contributed by atoms with E-state index in [4.69, 9.17) is 4.42 Å². The summed E-state index contributed by atoms with van der Waals surface area (Å²) in [6.45, 7) is 1.20. The van der Waals surface area contributed by atoms with E-state index in [2.05, 4.69) is 15.5 Å². The molecule has 3 aromatic rings. The van der Waals surface area contributed by atoms with Gasteiger partial charge >= 0.3 is 0 Å². The van der Waals surface area contributed by atoms with Crippen molar-refractivity contribution in [3.8, 4) is 0 Å². The van der Waals surface area contributed by atoms with Crippen LogP contribution in [-0.2, 0) is 13.1 Å². The maximum atomic E-state index is 12.9. The van der Waals surface area contributed by atoms with Gasteiger partial charge in [-0.15, -0.1) is 10.2 Å². The lowest BCUT2D eigenvalue weighted by Gasteiger charge is -2.12. The Morgan fingerprint density at radius 2 is 2.04 bits per heavy atom. The monoisotopic (exact) mass is 346 g/mol. The summed E-state index contributed by atoms with van der Waals surface area (Å²) in [4.78, 5) is 14.1. The van der Waals surface area contributed by atoms with Gasteiger partial charge < -0.3 is 9.73 Å². The predicted octanol–water partition coefficient (Wildman–Crippen LogP) is 3.15. The smallest absolute Gasteiger partial charge is 0.286 e. The van der Waals surface area contributed by atoms with E-state index >= 15 is 0 Å². The van der Waals surface area contributed by atoms with Gasteiger partial charge in [0.05, 0.1) is 19.4 Å². The highest BCUT2D eigenvalue weighted by molar-refractivity contribution is 7.13. The van der Waals surface area contributed by atoms with E-state index in [1.807, 2.05) is 24.1 Å². The maximum absolute atomic E-state index is 12.9. The van der Waals surface area contributed by atoms with E-state index < -0.39 is 0 Å². The van der Waals surface area contributed by atoms with E-state index in [0.29, 0.717) is 18.8 Å². The van der Waals surface area contributed by atoms with Crippen LogP contribution in [0.15, 0.2) is 47.1 Å². The number of amides is 1. The van der Waals surface area contributed by atoms with E-state index in [1.165, 1.54) is 35.6 Å². The zero-order valence-corrected chi connectivity index (χ0v) is 13.7. The average molecular weight is 346 g/mol. The Hall–Kier alpha value is -2.58. The van der Waals surface area contributed by atoms with Crippen molar-refractivity contribution >= 4 is 22.9 Å². The van der Waals surface area contributed by atoms with Crippen LogP contribution >= 0.6 is 11.3 Å². The van der Waals surface area contributed by atoms with Crippen molar-refractivity contribution in [3.05, 3.63) is 64.3 Å². The molecular weight excluding hydrogens is 331 g/mol. The summed E-state index contributed by atoms with van der Waals surface area (Å²) in [5.41, 5.74) is 0.507. The molecule has 0 saturated heterocycles. The number of benzene rings is 1. The first kappa shape index (κ1) is 16.3. The average Bonchev–Trinajstić information content (AvgIpc) is 3.21. The summed E-state index contributed by atoms with van der Waals surface area (Å²) in [5.74, 6) is 0.140. The molecule has 1 aromatic carbocycles. The Morgan fingerprint density at radius 3 is 2.75 bits per heavy atom. The van der Waals surface area contributed by atoms with Crippen LogP contribution in [0.1, 0.15) is 20.6 Å². The van der Waals surface area contributed by atoms with Crippen molar-refractivity contribution < 1.29 is 13.6 Å². The van der Waals surface area contributed by atoms with Crippen molar-refractivity contribution in [2.24, 2.45) is 0 Å². The van der Waals surface area contributed by atoms with Crippen molar-refractivity contribution in [1.29, 1.82) is 0 Å². The molecule has 0 aliphatic carbocycles. The van der Waals surface area contributed by atoms with Crippen LogP contribution in [0.3, 0.4) is 0 Å². The Balaban J connectivity index is 1.58. The fraction of sp³-hybridized carbons (Fsp3) is 0.188.